The van der Waals surface area contributed by atoms with Crippen molar-refractivity contribution in [2.45, 2.75) is 58.5 Å². The molecule has 18 heavy (non-hydrogen) atoms. The Morgan fingerprint density at radius 2 is 2.11 bits per heavy atom. The van der Waals surface area contributed by atoms with E-state index in [0.29, 0.717) is 5.54 Å². The number of aromatic nitrogens is 2. The first-order valence-electron chi connectivity index (χ1n) is 6.76. The summed E-state index contributed by atoms with van der Waals surface area (Å²) in [5.74, 6) is 0. The van der Waals surface area contributed by atoms with E-state index in [2.05, 4.69) is 40.9 Å². The summed E-state index contributed by atoms with van der Waals surface area (Å²) in [5.41, 5.74) is 4.13. The van der Waals surface area contributed by atoms with Crippen molar-refractivity contribution in [3.05, 3.63) is 22.5 Å². The number of imidazole rings is 1. The van der Waals surface area contributed by atoms with E-state index in [9.17, 15) is 0 Å². The van der Waals surface area contributed by atoms with E-state index in [1.807, 2.05) is 0 Å². The molecule has 0 radical (unpaired) electrons. The minimum Gasteiger partial charge on any atom is -0.306 e. The first kappa shape index (κ1) is 12.2. The molecule has 0 aromatic carbocycles. The number of nitrogens with zero attached hydrogens (tertiary/aromatic N) is 2. The van der Waals surface area contributed by atoms with Gasteiger partial charge in [-0.25, -0.2) is 4.98 Å². The molecule has 0 bridgehead atoms. The Balaban J connectivity index is 1.85. The molecule has 3 rings (SSSR count). The highest BCUT2D eigenvalue weighted by Gasteiger charge is 2.28. The third kappa shape index (κ3) is 1.97. The van der Waals surface area contributed by atoms with E-state index in [4.69, 9.17) is 0 Å². The van der Waals surface area contributed by atoms with Gasteiger partial charge in [-0.05, 0) is 33.6 Å². The molecule has 2 heterocycles. The van der Waals surface area contributed by atoms with Crippen LogP contribution in [0.4, 0.5) is 0 Å². The Labute approximate surface area is 112 Å². The monoisotopic (exact) mass is 263 g/mol. The number of fused-ring (bicyclic) bond motifs is 1. The predicted octanol–water partition coefficient (Wildman–Crippen LogP) is 3.43. The van der Waals surface area contributed by atoms with Gasteiger partial charge in [0.25, 0.3) is 0 Å². The molecule has 2 aromatic heterocycles. The third-order valence-electron chi connectivity index (χ3n) is 4.22. The summed E-state index contributed by atoms with van der Waals surface area (Å²) in [6.07, 6.45) is 5.33. The fourth-order valence-corrected chi connectivity index (χ4v) is 3.94. The van der Waals surface area contributed by atoms with Crippen LogP contribution in [0.1, 0.15) is 49.7 Å². The summed E-state index contributed by atoms with van der Waals surface area (Å²) in [6, 6.07) is 0. The topological polar surface area (TPSA) is 29.3 Å². The SMILES string of the molecule is Cc1nc2scc(C)n2c1CNC1(C)CCCC1. The number of nitrogens with one attached hydrogen (secondary N) is 1. The van der Waals surface area contributed by atoms with Crippen LogP contribution >= 0.6 is 11.3 Å². The fourth-order valence-electron chi connectivity index (χ4n) is 3.00. The molecule has 2 aromatic rings. The lowest BCUT2D eigenvalue weighted by atomic mass is 10.0. The molecule has 0 atom stereocenters. The van der Waals surface area contributed by atoms with Gasteiger partial charge in [0.2, 0.25) is 0 Å². The second kappa shape index (κ2) is 4.35. The van der Waals surface area contributed by atoms with Crippen LogP contribution in [-0.2, 0) is 6.54 Å². The van der Waals surface area contributed by atoms with Crippen LogP contribution in [0.15, 0.2) is 5.38 Å². The van der Waals surface area contributed by atoms with Crippen molar-refractivity contribution < 1.29 is 0 Å². The van der Waals surface area contributed by atoms with E-state index < -0.39 is 0 Å². The summed E-state index contributed by atoms with van der Waals surface area (Å²) in [7, 11) is 0. The Bertz CT molecular complexity index is 561. The molecular weight excluding hydrogens is 242 g/mol. The number of rotatable bonds is 3. The van der Waals surface area contributed by atoms with Crippen LogP contribution in [-0.4, -0.2) is 14.9 Å². The van der Waals surface area contributed by atoms with Gasteiger partial charge in [0.05, 0.1) is 11.4 Å². The van der Waals surface area contributed by atoms with Crippen LogP contribution in [0, 0.1) is 13.8 Å². The maximum absolute atomic E-state index is 4.64. The molecule has 0 amide bonds. The van der Waals surface area contributed by atoms with E-state index in [1.165, 1.54) is 42.8 Å². The zero-order chi connectivity index (χ0) is 12.8. The standard InChI is InChI=1S/C14H21N3S/c1-10-9-18-13-16-11(2)12(17(10)13)8-15-14(3)6-4-5-7-14/h9,15H,4-8H2,1-3H3. The van der Waals surface area contributed by atoms with Crippen LogP contribution in [0.3, 0.4) is 0 Å². The second-order valence-electron chi connectivity index (χ2n) is 5.76. The van der Waals surface area contributed by atoms with Gasteiger partial charge < -0.3 is 5.32 Å². The van der Waals surface area contributed by atoms with Gasteiger partial charge in [-0.15, -0.1) is 11.3 Å². The van der Waals surface area contributed by atoms with Crippen LogP contribution in [0.2, 0.25) is 0 Å². The van der Waals surface area contributed by atoms with Crippen LogP contribution in [0.25, 0.3) is 4.96 Å². The van der Waals surface area contributed by atoms with E-state index in [0.717, 1.165) is 11.5 Å². The van der Waals surface area contributed by atoms with Gasteiger partial charge >= 0.3 is 0 Å². The third-order valence-corrected chi connectivity index (χ3v) is 5.16. The Morgan fingerprint density at radius 3 is 2.83 bits per heavy atom. The summed E-state index contributed by atoms with van der Waals surface area (Å²) in [4.78, 5) is 5.77. The van der Waals surface area contributed by atoms with Gasteiger partial charge in [0.15, 0.2) is 4.96 Å². The Hall–Kier alpha value is -0.870. The van der Waals surface area contributed by atoms with Gasteiger partial charge in [0.1, 0.15) is 0 Å². The molecule has 1 fully saturated rings. The normalized spacial score (nSPS) is 18.8. The molecule has 1 aliphatic carbocycles. The Morgan fingerprint density at radius 1 is 1.39 bits per heavy atom. The van der Waals surface area contributed by atoms with Gasteiger partial charge in [0, 0.05) is 23.2 Å². The average Bonchev–Trinajstić information content (AvgIpc) is 2.97. The fraction of sp³-hybridized carbons (Fsp3) is 0.643. The van der Waals surface area contributed by atoms with Crippen molar-refractivity contribution in [3.63, 3.8) is 0 Å². The number of hydrogen-bond donors (Lipinski definition) is 1. The summed E-state index contributed by atoms with van der Waals surface area (Å²) < 4.78 is 2.30. The maximum atomic E-state index is 4.64. The van der Waals surface area contributed by atoms with Crippen molar-refractivity contribution in [2.75, 3.05) is 0 Å². The molecule has 0 saturated heterocycles. The molecule has 0 aliphatic heterocycles. The molecule has 98 valence electrons. The lowest BCUT2D eigenvalue weighted by molar-refractivity contribution is 0.359. The summed E-state index contributed by atoms with van der Waals surface area (Å²) >= 11 is 1.73. The van der Waals surface area contributed by atoms with E-state index >= 15 is 0 Å². The maximum Gasteiger partial charge on any atom is 0.194 e. The summed E-state index contributed by atoms with van der Waals surface area (Å²) in [5, 5.41) is 5.94. The minimum absolute atomic E-state index is 0.334. The molecule has 1 N–H and O–H groups in total. The minimum atomic E-state index is 0.334. The highest BCUT2D eigenvalue weighted by Crippen LogP contribution is 2.29. The highest BCUT2D eigenvalue weighted by atomic mass is 32.1. The molecule has 3 nitrogen and oxygen atoms in total. The summed E-state index contributed by atoms with van der Waals surface area (Å²) in [6.45, 7) is 7.56. The zero-order valence-electron chi connectivity index (χ0n) is 11.4. The molecule has 4 heteroatoms. The largest absolute Gasteiger partial charge is 0.306 e. The lowest BCUT2D eigenvalue weighted by Gasteiger charge is -2.25. The van der Waals surface area contributed by atoms with Crippen molar-refractivity contribution in [3.8, 4) is 0 Å². The number of aryl methyl sites for hydroxylation is 2. The van der Waals surface area contributed by atoms with Crippen molar-refractivity contribution >= 4 is 16.3 Å². The van der Waals surface area contributed by atoms with Gasteiger partial charge in [-0.3, -0.25) is 4.40 Å². The average molecular weight is 263 g/mol. The lowest BCUT2D eigenvalue weighted by Crippen LogP contribution is -2.39. The highest BCUT2D eigenvalue weighted by molar-refractivity contribution is 7.15. The van der Waals surface area contributed by atoms with Gasteiger partial charge in [-0.1, -0.05) is 12.8 Å². The number of hydrogen-bond acceptors (Lipinski definition) is 3. The second-order valence-corrected chi connectivity index (χ2v) is 6.60. The first-order chi connectivity index (χ1) is 8.59. The number of thiazole rings is 1. The zero-order valence-corrected chi connectivity index (χ0v) is 12.2. The molecule has 0 unspecified atom stereocenters. The molecular formula is C14H21N3S. The first-order valence-corrected chi connectivity index (χ1v) is 7.64. The van der Waals surface area contributed by atoms with Crippen molar-refractivity contribution in [2.24, 2.45) is 0 Å². The van der Waals surface area contributed by atoms with Crippen molar-refractivity contribution in [1.29, 1.82) is 0 Å². The van der Waals surface area contributed by atoms with E-state index in [1.54, 1.807) is 11.3 Å². The smallest absolute Gasteiger partial charge is 0.194 e. The molecule has 1 saturated carbocycles. The quantitative estimate of drug-likeness (QED) is 0.919. The van der Waals surface area contributed by atoms with Crippen molar-refractivity contribution in [1.82, 2.24) is 14.7 Å². The molecule has 0 spiro atoms. The van der Waals surface area contributed by atoms with Gasteiger partial charge in [-0.2, -0.15) is 0 Å². The Kier molecular flexibility index (Phi) is 2.94. The van der Waals surface area contributed by atoms with Crippen LogP contribution < -0.4 is 5.32 Å². The van der Waals surface area contributed by atoms with E-state index in [-0.39, 0.29) is 0 Å². The van der Waals surface area contributed by atoms with Crippen LogP contribution in [0.5, 0.6) is 0 Å². The predicted molar refractivity (Wildman–Crippen MR) is 76.3 cm³/mol. The molecule has 1 aliphatic rings.